The van der Waals surface area contributed by atoms with Crippen molar-refractivity contribution in [1.29, 1.82) is 0 Å². The van der Waals surface area contributed by atoms with E-state index in [-0.39, 0.29) is 47.4 Å². The Morgan fingerprint density at radius 2 is 1.93 bits per heavy atom. The van der Waals surface area contributed by atoms with Crippen LogP contribution in [0.2, 0.25) is 0 Å². The summed E-state index contributed by atoms with van der Waals surface area (Å²) in [7, 11) is -5.15. The third-order valence-corrected chi connectivity index (χ3v) is 10.00. The van der Waals surface area contributed by atoms with E-state index in [9.17, 15) is 21.6 Å². The van der Waals surface area contributed by atoms with Gasteiger partial charge in [-0.3, -0.25) is 4.79 Å². The molecular weight excluding hydrogens is 436 g/mol. The first kappa shape index (κ1) is 20.6. The lowest BCUT2D eigenvalue weighted by atomic mass is 9.96. The van der Waals surface area contributed by atoms with E-state index < -0.39 is 19.9 Å². The summed E-state index contributed by atoms with van der Waals surface area (Å²) in [6, 6.07) is 4.62. The largest absolute Gasteiger partial charge is 0.341 e. The lowest BCUT2D eigenvalue weighted by Gasteiger charge is -2.34. The number of carbonyl (C=O) groups excluding carboxylic acids is 1. The maximum absolute atomic E-state index is 13.1. The molecule has 1 aromatic carbocycles. The molecule has 0 radical (unpaired) electrons. The van der Waals surface area contributed by atoms with Gasteiger partial charge in [-0.2, -0.15) is 13.1 Å². The number of nitrogens with zero attached hydrogens (tertiary/aromatic N) is 4. The summed E-state index contributed by atoms with van der Waals surface area (Å²) in [5.74, 6) is -0.279. The molecule has 2 fully saturated rings. The van der Waals surface area contributed by atoms with E-state index in [1.807, 2.05) is 0 Å². The molecule has 2 aliphatic heterocycles. The third kappa shape index (κ3) is 3.90. The van der Waals surface area contributed by atoms with Gasteiger partial charge in [0.1, 0.15) is 15.9 Å². The van der Waals surface area contributed by atoms with Gasteiger partial charge in [-0.25, -0.2) is 16.8 Å². The molecule has 3 heterocycles. The minimum atomic E-state index is -3.73. The molecule has 1 aromatic heterocycles. The Hall–Kier alpha value is -1.63. The summed E-state index contributed by atoms with van der Waals surface area (Å²) in [4.78, 5) is 14.5. The first-order chi connectivity index (χ1) is 13.7. The van der Waals surface area contributed by atoms with Gasteiger partial charge in [0.2, 0.25) is 15.9 Å². The van der Waals surface area contributed by atoms with Gasteiger partial charge in [-0.05, 0) is 31.4 Å². The predicted octanol–water partition coefficient (Wildman–Crippen LogP) is 0.738. The molecule has 0 aliphatic carbocycles. The fourth-order valence-electron chi connectivity index (χ4n) is 4.02. The van der Waals surface area contributed by atoms with Crippen molar-refractivity contribution >= 4 is 48.5 Å². The van der Waals surface area contributed by atoms with Crippen LogP contribution in [0.3, 0.4) is 0 Å². The van der Waals surface area contributed by atoms with Crippen LogP contribution in [0.1, 0.15) is 19.3 Å². The summed E-state index contributed by atoms with van der Waals surface area (Å²) in [5, 5.41) is 0. The molecule has 4 rings (SSSR count). The van der Waals surface area contributed by atoms with Gasteiger partial charge in [0.25, 0.3) is 0 Å². The number of hydrogen-bond donors (Lipinski definition) is 0. The van der Waals surface area contributed by atoms with Crippen molar-refractivity contribution in [3.8, 4) is 0 Å². The quantitative estimate of drug-likeness (QED) is 0.663. The molecule has 12 heteroatoms. The van der Waals surface area contributed by atoms with Crippen LogP contribution < -0.4 is 0 Å². The first-order valence-corrected chi connectivity index (χ1v) is 13.4. The van der Waals surface area contributed by atoms with Crippen LogP contribution in [-0.4, -0.2) is 78.4 Å². The molecule has 1 atom stereocenters. The molecule has 0 N–H and O–H groups in total. The van der Waals surface area contributed by atoms with E-state index in [0.717, 1.165) is 11.7 Å². The van der Waals surface area contributed by atoms with Gasteiger partial charge >= 0.3 is 0 Å². The molecule has 2 aromatic rings. The topological polar surface area (TPSA) is 118 Å². The van der Waals surface area contributed by atoms with Crippen molar-refractivity contribution in [3.63, 3.8) is 0 Å². The van der Waals surface area contributed by atoms with Crippen molar-refractivity contribution in [2.75, 3.05) is 31.6 Å². The Kier molecular flexibility index (Phi) is 5.38. The number of amides is 1. The van der Waals surface area contributed by atoms with Crippen molar-refractivity contribution in [3.05, 3.63) is 18.2 Å². The van der Waals surface area contributed by atoms with Crippen molar-refractivity contribution in [2.45, 2.75) is 30.2 Å². The van der Waals surface area contributed by atoms with Crippen molar-refractivity contribution in [1.82, 2.24) is 18.0 Å². The number of hydrogen-bond acceptors (Lipinski definition) is 8. The number of piperidine rings is 1. The van der Waals surface area contributed by atoms with Gasteiger partial charge in [0.15, 0.2) is 9.84 Å². The zero-order valence-electron chi connectivity index (χ0n) is 15.9. The molecule has 1 unspecified atom stereocenters. The van der Waals surface area contributed by atoms with E-state index in [1.54, 1.807) is 24.1 Å². The zero-order chi connectivity index (χ0) is 20.8. The molecule has 1 amide bonds. The number of sulfonamides is 1. The third-order valence-electron chi connectivity index (χ3n) is 5.77. The monoisotopic (exact) mass is 458 g/mol. The second kappa shape index (κ2) is 7.56. The second-order valence-electron chi connectivity index (χ2n) is 7.57. The van der Waals surface area contributed by atoms with Crippen molar-refractivity contribution < 1.29 is 21.6 Å². The average Bonchev–Trinajstić information content (AvgIpc) is 3.32. The molecule has 0 bridgehead atoms. The van der Waals surface area contributed by atoms with Crippen LogP contribution in [0.15, 0.2) is 23.1 Å². The van der Waals surface area contributed by atoms with E-state index in [4.69, 9.17) is 0 Å². The lowest BCUT2D eigenvalue weighted by molar-refractivity contribution is -0.137. The van der Waals surface area contributed by atoms with Crippen LogP contribution >= 0.6 is 11.7 Å². The van der Waals surface area contributed by atoms with E-state index >= 15 is 0 Å². The van der Waals surface area contributed by atoms with Gasteiger partial charge in [-0.1, -0.05) is 6.07 Å². The zero-order valence-corrected chi connectivity index (χ0v) is 18.3. The van der Waals surface area contributed by atoms with Crippen LogP contribution in [-0.2, 0) is 24.7 Å². The molecule has 2 aliphatic rings. The number of fused-ring (bicyclic) bond motifs is 1. The number of rotatable bonds is 4. The second-order valence-corrected chi connectivity index (χ2v) is 12.2. The molecule has 9 nitrogen and oxygen atoms in total. The average molecular weight is 459 g/mol. The molecule has 158 valence electrons. The smallest absolute Gasteiger partial charge is 0.245 e. The number of sulfone groups is 1. The van der Waals surface area contributed by atoms with E-state index in [2.05, 4.69) is 8.75 Å². The number of aromatic nitrogens is 2. The SMILES string of the molecule is CN(C(=O)C1CCN(S(=O)(=O)c2cccc3nsnc23)CC1)C1CCS(=O)(=O)C1. The van der Waals surface area contributed by atoms with Crippen LogP contribution in [0, 0.1) is 5.92 Å². The Bertz CT molecular complexity index is 1140. The summed E-state index contributed by atoms with van der Waals surface area (Å²) >= 11 is 0.973. The summed E-state index contributed by atoms with van der Waals surface area (Å²) < 4.78 is 59.2. The minimum Gasteiger partial charge on any atom is -0.341 e. The minimum absolute atomic E-state index is 0.00808. The van der Waals surface area contributed by atoms with Crippen LogP contribution in [0.5, 0.6) is 0 Å². The highest BCUT2D eigenvalue weighted by molar-refractivity contribution is 7.91. The Balaban J connectivity index is 1.44. The molecule has 0 saturated carbocycles. The summed E-state index contributed by atoms with van der Waals surface area (Å²) in [5.41, 5.74) is 0.923. The van der Waals surface area contributed by atoms with Gasteiger partial charge in [0, 0.05) is 32.1 Å². The molecule has 29 heavy (non-hydrogen) atoms. The maximum atomic E-state index is 13.1. The molecular formula is C17H22N4O5S3. The van der Waals surface area contributed by atoms with Crippen LogP contribution in [0.4, 0.5) is 0 Å². The lowest BCUT2D eigenvalue weighted by Crippen LogP contribution is -2.46. The highest BCUT2D eigenvalue weighted by Gasteiger charge is 2.38. The maximum Gasteiger partial charge on any atom is 0.245 e. The fourth-order valence-corrected chi connectivity index (χ4v) is 8.02. The standard InChI is InChI=1S/C17H22N4O5S3/c1-20(13-7-10-28(23,24)11-13)17(22)12-5-8-21(9-6-12)29(25,26)15-4-2-3-14-16(15)19-27-18-14/h2-4,12-13H,5-11H2,1H3. The first-order valence-electron chi connectivity index (χ1n) is 9.37. The number of benzene rings is 1. The predicted molar refractivity (Wildman–Crippen MR) is 109 cm³/mol. The fraction of sp³-hybridized carbons (Fsp3) is 0.588. The molecule has 0 spiro atoms. The van der Waals surface area contributed by atoms with Gasteiger partial charge < -0.3 is 4.90 Å². The highest BCUT2D eigenvalue weighted by atomic mass is 32.2. The Labute approximate surface area is 174 Å². The normalized spacial score (nSPS) is 23.4. The van der Waals surface area contributed by atoms with Crippen LogP contribution in [0.25, 0.3) is 11.0 Å². The molecule has 2 saturated heterocycles. The summed E-state index contributed by atoms with van der Waals surface area (Å²) in [6.07, 6.45) is 1.28. The van der Waals surface area contributed by atoms with E-state index in [0.29, 0.717) is 30.3 Å². The highest BCUT2D eigenvalue weighted by Crippen LogP contribution is 2.29. The van der Waals surface area contributed by atoms with Crippen molar-refractivity contribution in [2.24, 2.45) is 5.92 Å². The summed E-state index contributed by atoms with van der Waals surface area (Å²) in [6.45, 7) is 0.479. The van der Waals surface area contributed by atoms with Gasteiger partial charge in [0.05, 0.1) is 23.2 Å². The van der Waals surface area contributed by atoms with E-state index in [1.165, 1.54) is 10.4 Å². The Morgan fingerprint density at radius 1 is 1.21 bits per heavy atom. The van der Waals surface area contributed by atoms with Gasteiger partial charge in [-0.15, -0.1) is 0 Å². The number of carbonyl (C=O) groups is 1. The Morgan fingerprint density at radius 3 is 2.59 bits per heavy atom.